The lowest BCUT2D eigenvalue weighted by molar-refractivity contribution is -0.134. The molecule has 2 rings (SSSR count). The van der Waals surface area contributed by atoms with Crippen LogP contribution < -0.4 is 10.5 Å². The van der Waals surface area contributed by atoms with Crippen molar-refractivity contribution in [3.63, 3.8) is 0 Å². The lowest BCUT2D eigenvalue weighted by atomic mass is 10.0. The molecule has 1 amide bonds. The Hall–Kier alpha value is -2.34. The molecule has 0 fully saturated rings. The molecule has 1 unspecified atom stereocenters. The van der Waals surface area contributed by atoms with Crippen LogP contribution in [0.2, 0.25) is 0 Å². The summed E-state index contributed by atoms with van der Waals surface area (Å²) in [5.41, 5.74) is 6.41. The lowest BCUT2D eigenvalue weighted by Crippen LogP contribution is -2.39. The highest BCUT2D eigenvalue weighted by molar-refractivity contribution is 5.80. The summed E-state index contributed by atoms with van der Waals surface area (Å²) in [6, 6.07) is 7.89. The number of nitrogens with zero attached hydrogens (tertiary/aromatic N) is 1. The van der Waals surface area contributed by atoms with Crippen molar-refractivity contribution in [1.82, 2.24) is 4.90 Å². The molecule has 25 heavy (non-hydrogen) atoms. The number of hydrogen-bond acceptors (Lipinski definition) is 4. The van der Waals surface area contributed by atoms with Crippen molar-refractivity contribution in [2.24, 2.45) is 11.7 Å². The summed E-state index contributed by atoms with van der Waals surface area (Å²) < 4.78 is 5.43. The fourth-order valence-electron chi connectivity index (χ4n) is 2.55. The Balaban J connectivity index is 0.000000705. The van der Waals surface area contributed by atoms with Crippen molar-refractivity contribution < 1.29 is 19.4 Å². The molecule has 3 N–H and O–H groups in total. The van der Waals surface area contributed by atoms with E-state index in [-0.39, 0.29) is 11.9 Å². The van der Waals surface area contributed by atoms with Crippen LogP contribution in [0.15, 0.2) is 36.4 Å². The monoisotopic (exact) mass is 348 g/mol. The largest absolute Gasteiger partial charge is 0.492 e. The van der Waals surface area contributed by atoms with Crippen LogP contribution in [0.3, 0.4) is 0 Å². The van der Waals surface area contributed by atoms with E-state index in [0.29, 0.717) is 25.5 Å². The van der Waals surface area contributed by atoms with Gasteiger partial charge in [0.15, 0.2) is 0 Å². The van der Waals surface area contributed by atoms with Crippen LogP contribution in [-0.4, -0.2) is 47.6 Å². The number of carbonyl (C=O) groups excluding carboxylic acids is 1. The Morgan fingerprint density at radius 2 is 1.92 bits per heavy atom. The minimum absolute atomic E-state index is 0.175. The summed E-state index contributed by atoms with van der Waals surface area (Å²) >= 11 is 0. The average Bonchev–Trinajstić information content (AvgIpc) is 3.04. The van der Waals surface area contributed by atoms with Crippen molar-refractivity contribution in [3.8, 4) is 5.75 Å². The second-order valence-electron chi connectivity index (χ2n) is 6.19. The molecular formula is C19H28N2O4. The van der Waals surface area contributed by atoms with E-state index in [0.717, 1.165) is 24.8 Å². The number of rotatable bonds is 6. The average molecular weight is 348 g/mol. The van der Waals surface area contributed by atoms with Crippen LogP contribution in [0.1, 0.15) is 26.3 Å². The van der Waals surface area contributed by atoms with Gasteiger partial charge in [-0.3, -0.25) is 9.59 Å². The molecule has 1 aliphatic rings. The van der Waals surface area contributed by atoms with Gasteiger partial charge in [0, 0.05) is 20.0 Å². The molecule has 6 heteroatoms. The Morgan fingerprint density at radius 1 is 1.32 bits per heavy atom. The van der Waals surface area contributed by atoms with Crippen molar-refractivity contribution >= 4 is 11.9 Å². The third kappa shape index (κ3) is 7.39. The third-order valence-electron chi connectivity index (χ3n) is 3.66. The highest BCUT2D eigenvalue weighted by Crippen LogP contribution is 2.20. The molecule has 6 nitrogen and oxygen atoms in total. The van der Waals surface area contributed by atoms with Gasteiger partial charge in [-0.1, -0.05) is 38.1 Å². The smallest absolute Gasteiger partial charge is 0.300 e. The fourth-order valence-corrected chi connectivity index (χ4v) is 2.55. The Kier molecular flexibility index (Phi) is 8.70. The van der Waals surface area contributed by atoms with E-state index in [1.54, 1.807) is 0 Å². The van der Waals surface area contributed by atoms with Crippen LogP contribution in [0, 0.1) is 5.92 Å². The van der Waals surface area contributed by atoms with Gasteiger partial charge in [-0.05, 0) is 23.6 Å². The van der Waals surface area contributed by atoms with Crippen LogP contribution >= 0.6 is 0 Å². The van der Waals surface area contributed by atoms with Gasteiger partial charge in [-0.15, -0.1) is 0 Å². The lowest BCUT2D eigenvalue weighted by Gasteiger charge is -2.27. The van der Waals surface area contributed by atoms with E-state index in [1.807, 2.05) is 29.2 Å². The second-order valence-corrected chi connectivity index (χ2v) is 6.19. The van der Waals surface area contributed by atoms with E-state index in [9.17, 15) is 4.79 Å². The first kappa shape index (κ1) is 20.7. The predicted molar refractivity (Wildman–Crippen MR) is 97.5 cm³/mol. The normalized spacial score (nSPS) is 15.7. The summed E-state index contributed by atoms with van der Waals surface area (Å²) in [5.74, 6) is 0.577. The number of carbonyl (C=O) groups is 2. The van der Waals surface area contributed by atoms with Gasteiger partial charge in [0.2, 0.25) is 5.91 Å². The summed E-state index contributed by atoms with van der Waals surface area (Å²) in [5, 5.41) is 7.42. The van der Waals surface area contributed by atoms with Gasteiger partial charge in [-0.25, -0.2) is 0 Å². The summed E-state index contributed by atoms with van der Waals surface area (Å²) in [6.07, 6.45) is 4.64. The quantitative estimate of drug-likeness (QED) is 0.768. The highest BCUT2D eigenvalue weighted by Gasteiger charge is 2.26. The van der Waals surface area contributed by atoms with Crippen LogP contribution in [0.4, 0.5) is 0 Å². The zero-order valence-corrected chi connectivity index (χ0v) is 15.1. The topological polar surface area (TPSA) is 92.9 Å². The van der Waals surface area contributed by atoms with Crippen LogP contribution in [-0.2, 0) is 16.0 Å². The molecular weight excluding hydrogens is 320 g/mol. The molecule has 1 atom stereocenters. The predicted octanol–water partition coefficient (Wildman–Crippen LogP) is 2.08. The summed E-state index contributed by atoms with van der Waals surface area (Å²) in [4.78, 5) is 23.4. The molecule has 1 aromatic rings. The Morgan fingerprint density at radius 3 is 2.44 bits per heavy atom. The molecule has 1 aliphatic heterocycles. The molecule has 0 spiro atoms. The van der Waals surface area contributed by atoms with Gasteiger partial charge in [0.25, 0.3) is 5.97 Å². The van der Waals surface area contributed by atoms with Gasteiger partial charge < -0.3 is 20.5 Å². The molecule has 0 radical (unpaired) electrons. The van der Waals surface area contributed by atoms with E-state index in [1.165, 1.54) is 0 Å². The number of nitrogens with two attached hydrogens (primary N) is 1. The van der Waals surface area contributed by atoms with Gasteiger partial charge in [0.05, 0.1) is 12.5 Å². The standard InChI is InChI=1S/C17H24N2O2.C2H4O2/c1-13(2)16-4-3-10-19(16)17(20)12-14-5-7-15(8-6-14)21-11-9-18;1-2(3)4/h3-8,13,16H,9-12,18H2,1-2H3;1H3,(H,3,4). The Labute approximate surface area is 149 Å². The first-order chi connectivity index (χ1) is 11.8. The van der Waals surface area contributed by atoms with Crippen molar-refractivity contribution in [3.05, 3.63) is 42.0 Å². The van der Waals surface area contributed by atoms with Crippen LogP contribution in [0.5, 0.6) is 5.75 Å². The maximum absolute atomic E-state index is 12.4. The van der Waals surface area contributed by atoms with E-state index < -0.39 is 5.97 Å². The maximum Gasteiger partial charge on any atom is 0.300 e. The van der Waals surface area contributed by atoms with Gasteiger partial charge >= 0.3 is 0 Å². The molecule has 0 aliphatic carbocycles. The van der Waals surface area contributed by atoms with E-state index in [2.05, 4.69) is 26.0 Å². The molecule has 0 saturated heterocycles. The minimum Gasteiger partial charge on any atom is -0.492 e. The van der Waals surface area contributed by atoms with Crippen molar-refractivity contribution in [1.29, 1.82) is 0 Å². The maximum atomic E-state index is 12.4. The second kappa shape index (κ2) is 10.5. The Bertz CT molecular complexity index is 578. The van der Waals surface area contributed by atoms with Crippen molar-refractivity contribution in [2.45, 2.75) is 33.2 Å². The number of benzene rings is 1. The first-order valence-corrected chi connectivity index (χ1v) is 8.42. The minimum atomic E-state index is -0.833. The molecule has 0 bridgehead atoms. The zero-order chi connectivity index (χ0) is 18.8. The number of ether oxygens (including phenoxy) is 1. The molecule has 138 valence electrons. The van der Waals surface area contributed by atoms with E-state index in [4.69, 9.17) is 20.4 Å². The van der Waals surface area contributed by atoms with E-state index >= 15 is 0 Å². The SMILES string of the molecule is CC(=O)O.CC(C)C1C=CCN1C(=O)Cc1ccc(OCCN)cc1. The summed E-state index contributed by atoms with van der Waals surface area (Å²) in [6.45, 7) is 7.10. The third-order valence-corrected chi connectivity index (χ3v) is 3.66. The number of carboxylic acids is 1. The van der Waals surface area contributed by atoms with Gasteiger partial charge in [0.1, 0.15) is 12.4 Å². The van der Waals surface area contributed by atoms with Crippen molar-refractivity contribution in [2.75, 3.05) is 19.7 Å². The number of hydrogen-bond donors (Lipinski definition) is 2. The fraction of sp³-hybridized carbons (Fsp3) is 0.474. The first-order valence-electron chi connectivity index (χ1n) is 8.42. The van der Waals surface area contributed by atoms with Gasteiger partial charge in [-0.2, -0.15) is 0 Å². The molecule has 0 saturated carbocycles. The number of amides is 1. The molecule has 0 aromatic heterocycles. The molecule has 1 heterocycles. The number of carboxylic acid groups (broad SMARTS) is 1. The highest BCUT2D eigenvalue weighted by atomic mass is 16.5. The number of aliphatic carboxylic acids is 1. The molecule has 1 aromatic carbocycles. The zero-order valence-electron chi connectivity index (χ0n) is 15.1. The summed E-state index contributed by atoms with van der Waals surface area (Å²) in [7, 11) is 0. The van der Waals surface area contributed by atoms with Crippen LogP contribution in [0.25, 0.3) is 0 Å².